The van der Waals surface area contributed by atoms with E-state index in [1.807, 2.05) is 31.2 Å². The maximum absolute atomic E-state index is 10.3. The maximum atomic E-state index is 10.3. The van der Waals surface area contributed by atoms with E-state index >= 15 is 0 Å². The quantitative estimate of drug-likeness (QED) is 0.854. The molecule has 2 rings (SSSR count). The average Bonchev–Trinajstić information content (AvgIpc) is 2.29. The van der Waals surface area contributed by atoms with E-state index in [9.17, 15) is 5.11 Å². The van der Waals surface area contributed by atoms with Crippen LogP contribution in [0.2, 0.25) is 0 Å². The SMILES string of the molecule is CCOc1ccc(C(O)C2(OC)CCC2)cc1. The van der Waals surface area contributed by atoms with Crippen LogP contribution in [0.4, 0.5) is 0 Å². The minimum Gasteiger partial charge on any atom is -0.494 e. The first-order valence-electron chi connectivity index (χ1n) is 6.18. The van der Waals surface area contributed by atoms with Crippen molar-refractivity contribution in [3.05, 3.63) is 29.8 Å². The van der Waals surface area contributed by atoms with E-state index in [0.717, 1.165) is 30.6 Å². The summed E-state index contributed by atoms with van der Waals surface area (Å²) in [6.07, 6.45) is 2.44. The molecule has 3 heteroatoms. The Morgan fingerprint density at radius 2 is 1.94 bits per heavy atom. The fourth-order valence-corrected chi connectivity index (χ4v) is 2.33. The smallest absolute Gasteiger partial charge is 0.119 e. The van der Waals surface area contributed by atoms with Gasteiger partial charge in [0.25, 0.3) is 0 Å². The Hall–Kier alpha value is -1.06. The highest BCUT2D eigenvalue weighted by molar-refractivity contribution is 5.30. The van der Waals surface area contributed by atoms with Crippen LogP contribution in [0.15, 0.2) is 24.3 Å². The van der Waals surface area contributed by atoms with E-state index in [1.165, 1.54) is 0 Å². The zero-order chi connectivity index (χ0) is 12.3. The number of ether oxygens (including phenoxy) is 2. The number of aliphatic hydroxyl groups is 1. The Morgan fingerprint density at radius 1 is 1.29 bits per heavy atom. The Kier molecular flexibility index (Phi) is 3.69. The summed E-state index contributed by atoms with van der Waals surface area (Å²) < 4.78 is 10.9. The summed E-state index contributed by atoms with van der Waals surface area (Å²) in [6.45, 7) is 2.61. The molecule has 0 saturated heterocycles. The monoisotopic (exact) mass is 236 g/mol. The lowest BCUT2D eigenvalue weighted by molar-refractivity contribution is -0.151. The van der Waals surface area contributed by atoms with Crippen LogP contribution in [0.3, 0.4) is 0 Å². The van der Waals surface area contributed by atoms with Crippen molar-refractivity contribution < 1.29 is 14.6 Å². The third kappa shape index (κ3) is 2.31. The molecule has 1 atom stereocenters. The summed E-state index contributed by atoms with van der Waals surface area (Å²) in [5, 5.41) is 10.3. The summed E-state index contributed by atoms with van der Waals surface area (Å²) in [6, 6.07) is 7.61. The molecule has 1 fully saturated rings. The molecular weight excluding hydrogens is 216 g/mol. The normalized spacial score (nSPS) is 19.5. The van der Waals surface area contributed by atoms with E-state index in [4.69, 9.17) is 9.47 Å². The third-order valence-electron chi connectivity index (χ3n) is 3.61. The number of rotatable bonds is 5. The fourth-order valence-electron chi connectivity index (χ4n) is 2.33. The molecule has 1 saturated carbocycles. The highest BCUT2D eigenvalue weighted by atomic mass is 16.5. The standard InChI is InChI=1S/C14H20O3/c1-3-17-12-7-5-11(6-8-12)13(15)14(16-2)9-4-10-14/h5-8,13,15H,3-4,9-10H2,1-2H3. The van der Waals surface area contributed by atoms with Crippen LogP contribution in [0, 0.1) is 0 Å². The van der Waals surface area contributed by atoms with Crippen LogP contribution in [0.1, 0.15) is 37.9 Å². The first kappa shape index (κ1) is 12.4. The second-order valence-electron chi connectivity index (χ2n) is 4.53. The van der Waals surface area contributed by atoms with E-state index in [0.29, 0.717) is 6.61 Å². The fraction of sp³-hybridized carbons (Fsp3) is 0.571. The Balaban J connectivity index is 2.11. The van der Waals surface area contributed by atoms with Crippen molar-refractivity contribution in [1.82, 2.24) is 0 Å². The number of aliphatic hydroxyl groups excluding tert-OH is 1. The van der Waals surface area contributed by atoms with Crippen LogP contribution < -0.4 is 4.74 Å². The molecule has 1 unspecified atom stereocenters. The van der Waals surface area contributed by atoms with Crippen LogP contribution >= 0.6 is 0 Å². The molecule has 94 valence electrons. The molecule has 1 aliphatic rings. The molecule has 0 aliphatic heterocycles. The van der Waals surface area contributed by atoms with E-state index < -0.39 is 6.10 Å². The van der Waals surface area contributed by atoms with Gasteiger partial charge >= 0.3 is 0 Å². The van der Waals surface area contributed by atoms with Gasteiger partial charge < -0.3 is 14.6 Å². The number of hydrogen-bond acceptors (Lipinski definition) is 3. The van der Waals surface area contributed by atoms with Gasteiger partial charge in [-0.1, -0.05) is 12.1 Å². The van der Waals surface area contributed by atoms with Gasteiger partial charge in [-0.2, -0.15) is 0 Å². The largest absolute Gasteiger partial charge is 0.494 e. The van der Waals surface area contributed by atoms with Crippen LogP contribution in [-0.4, -0.2) is 24.4 Å². The van der Waals surface area contributed by atoms with Crippen molar-refractivity contribution in [2.75, 3.05) is 13.7 Å². The van der Waals surface area contributed by atoms with Gasteiger partial charge in [0.15, 0.2) is 0 Å². The summed E-state index contributed by atoms with van der Waals surface area (Å²) in [7, 11) is 1.68. The summed E-state index contributed by atoms with van der Waals surface area (Å²) in [5.74, 6) is 0.837. The van der Waals surface area contributed by atoms with Crippen LogP contribution in [0.25, 0.3) is 0 Å². The Bertz CT molecular complexity index is 349. The molecule has 1 N–H and O–H groups in total. The van der Waals surface area contributed by atoms with Gasteiger partial charge in [-0.15, -0.1) is 0 Å². The lowest BCUT2D eigenvalue weighted by Gasteiger charge is -2.44. The summed E-state index contributed by atoms with van der Waals surface area (Å²) in [5.41, 5.74) is 0.530. The number of methoxy groups -OCH3 is 1. The topological polar surface area (TPSA) is 38.7 Å². The minimum absolute atomic E-state index is 0.368. The average molecular weight is 236 g/mol. The van der Waals surface area contributed by atoms with Gasteiger partial charge in [0.2, 0.25) is 0 Å². The van der Waals surface area contributed by atoms with Crippen molar-refractivity contribution in [2.45, 2.75) is 37.9 Å². The van der Waals surface area contributed by atoms with E-state index in [2.05, 4.69) is 0 Å². The second kappa shape index (κ2) is 5.07. The first-order valence-corrected chi connectivity index (χ1v) is 6.18. The van der Waals surface area contributed by atoms with E-state index in [1.54, 1.807) is 7.11 Å². The highest BCUT2D eigenvalue weighted by Crippen LogP contribution is 2.44. The van der Waals surface area contributed by atoms with Crippen LogP contribution in [0.5, 0.6) is 5.75 Å². The predicted molar refractivity (Wildman–Crippen MR) is 66.2 cm³/mol. The number of hydrogen-bond donors (Lipinski definition) is 1. The lowest BCUT2D eigenvalue weighted by atomic mass is 9.74. The lowest BCUT2D eigenvalue weighted by Crippen LogP contribution is -2.45. The molecule has 0 amide bonds. The maximum Gasteiger partial charge on any atom is 0.119 e. The molecule has 0 aromatic heterocycles. The first-order chi connectivity index (χ1) is 8.22. The molecule has 1 aliphatic carbocycles. The summed E-state index contributed by atoms with van der Waals surface area (Å²) in [4.78, 5) is 0. The molecule has 0 spiro atoms. The van der Waals surface area contributed by atoms with Crippen molar-refractivity contribution in [2.24, 2.45) is 0 Å². The molecule has 3 nitrogen and oxygen atoms in total. The zero-order valence-electron chi connectivity index (χ0n) is 10.5. The molecule has 0 heterocycles. The molecular formula is C14H20O3. The molecule has 17 heavy (non-hydrogen) atoms. The van der Waals surface area contributed by atoms with Gasteiger partial charge in [0, 0.05) is 7.11 Å². The van der Waals surface area contributed by atoms with Gasteiger partial charge in [-0.3, -0.25) is 0 Å². The van der Waals surface area contributed by atoms with Gasteiger partial charge in [0.1, 0.15) is 11.9 Å². The molecule has 0 bridgehead atoms. The summed E-state index contributed by atoms with van der Waals surface area (Å²) >= 11 is 0. The third-order valence-corrected chi connectivity index (χ3v) is 3.61. The predicted octanol–water partition coefficient (Wildman–Crippen LogP) is 2.69. The Morgan fingerprint density at radius 3 is 2.35 bits per heavy atom. The van der Waals surface area contributed by atoms with Crippen LogP contribution in [-0.2, 0) is 4.74 Å². The molecule has 1 aromatic carbocycles. The van der Waals surface area contributed by atoms with Crippen molar-refractivity contribution >= 4 is 0 Å². The molecule has 0 radical (unpaired) electrons. The zero-order valence-corrected chi connectivity index (χ0v) is 10.5. The minimum atomic E-state index is -0.545. The number of benzene rings is 1. The second-order valence-corrected chi connectivity index (χ2v) is 4.53. The van der Waals surface area contributed by atoms with E-state index in [-0.39, 0.29) is 5.60 Å². The highest BCUT2D eigenvalue weighted by Gasteiger charge is 2.44. The van der Waals surface area contributed by atoms with Gasteiger partial charge in [-0.25, -0.2) is 0 Å². The van der Waals surface area contributed by atoms with Crippen molar-refractivity contribution in [3.63, 3.8) is 0 Å². The van der Waals surface area contributed by atoms with Gasteiger partial charge in [-0.05, 0) is 43.9 Å². The Labute approximate surface area is 102 Å². The van der Waals surface area contributed by atoms with Crippen molar-refractivity contribution in [3.8, 4) is 5.75 Å². The van der Waals surface area contributed by atoms with Crippen molar-refractivity contribution in [1.29, 1.82) is 0 Å². The molecule has 1 aromatic rings. The van der Waals surface area contributed by atoms with Gasteiger partial charge in [0.05, 0.1) is 12.2 Å².